The monoisotopic (exact) mass is 476 g/mol. The van der Waals surface area contributed by atoms with E-state index in [2.05, 4.69) is 10.1 Å². The number of halogens is 3. The number of hydrogen-bond donors (Lipinski definition) is 0. The Kier molecular flexibility index (Phi) is 6.79. The molecular formula is C24H27F3N4O3. The summed E-state index contributed by atoms with van der Waals surface area (Å²) < 4.78 is 52.7. The van der Waals surface area contributed by atoms with Crippen LogP contribution in [0.1, 0.15) is 31.4 Å². The van der Waals surface area contributed by atoms with Gasteiger partial charge in [0.1, 0.15) is 5.75 Å². The van der Waals surface area contributed by atoms with Gasteiger partial charge in [0.05, 0.1) is 11.3 Å². The first kappa shape index (κ1) is 24.0. The molecule has 0 radical (unpaired) electrons. The highest BCUT2D eigenvalue weighted by atomic mass is 19.4. The minimum Gasteiger partial charge on any atom is -0.467 e. The van der Waals surface area contributed by atoms with Crippen LogP contribution in [0.3, 0.4) is 0 Å². The molecule has 34 heavy (non-hydrogen) atoms. The minimum absolute atomic E-state index is 0.0520. The summed E-state index contributed by atoms with van der Waals surface area (Å²) in [4.78, 5) is 18.5. The first-order valence-corrected chi connectivity index (χ1v) is 11.2. The lowest BCUT2D eigenvalue weighted by molar-refractivity contribution is -0.137. The average Bonchev–Trinajstić information content (AvgIpc) is 3.34. The predicted molar refractivity (Wildman–Crippen MR) is 120 cm³/mol. The summed E-state index contributed by atoms with van der Waals surface area (Å²) in [5.41, 5.74) is 0.992. The van der Waals surface area contributed by atoms with Crippen molar-refractivity contribution >= 4 is 16.9 Å². The minimum atomic E-state index is -4.50. The van der Waals surface area contributed by atoms with Crippen molar-refractivity contribution in [2.45, 2.75) is 39.9 Å². The van der Waals surface area contributed by atoms with E-state index in [0.29, 0.717) is 55.1 Å². The van der Waals surface area contributed by atoms with Crippen LogP contribution >= 0.6 is 0 Å². The van der Waals surface area contributed by atoms with E-state index in [1.54, 1.807) is 24.6 Å². The SMILES string of the molecule is CCOCOc1cc(C(F)(F)F)cc(C)c1-c1ccc2cn(CC3CC(=O)N(CC)C3)nc2n1. The zero-order chi connectivity index (χ0) is 24.5. The molecule has 1 saturated heterocycles. The maximum Gasteiger partial charge on any atom is 0.416 e. The molecule has 1 aromatic carbocycles. The lowest BCUT2D eigenvalue weighted by atomic mass is 10.00. The van der Waals surface area contributed by atoms with Gasteiger partial charge in [-0.15, -0.1) is 0 Å². The molecule has 0 spiro atoms. The second-order valence-corrected chi connectivity index (χ2v) is 8.38. The number of carbonyl (C=O) groups is 1. The smallest absolute Gasteiger partial charge is 0.416 e. The molecule has 10 heteroatoms. The Labute approximate surface area is 195 Å². The van der Waals surface area contributed by atoms with Gasteiger partial charge in [-0.25, -0.2) is 4.98 Å². The van der Waals surface area contributed by atoms with E-state index in [0.717, 1.165) is 17.5 Å². The maximum atomic E-state index is 13.4. The highest BCUT2D eigenvalue weighted by Crippen LogP contribution is 2.39. The van der Waals surface area contributed by atoms with Gasteiger partial charge in [-0.05, 0) is 50.6 Å². The average molecular weight is 476 g/mol. The van der Waals surface area contributed by atoms with Gasteiger partial charge < -0.3 is 14.4 Å². The van der Waals surface area contributed by atoms with Gasteiger partial charge >= 0.3 is 6.18 Å². The molecule has 4 rings (SSSR count). The molecule has 1 unspecified atom stereocenters. The second kappa shape index (κ2) is 9.61. The van der Waals surface area contributed by atoms with Crippen molar-refractivity contribution in [2.24, 2.45) is 5.92 Å². The molecule has 0 N–H and O–H groups in total. The van der Waals surface area contributed by atoms with E-state index in [1.807, 2.05) is 24.1 Å². The number of fused-ring (bicyclic) bond motifs is 1. The predicted octanol–water partition coefficient (Wildman–Crippen LogP) is 4.67. The maximum absolute atomic E-state index is 13.4. The number of benzene rings is 1. The van der Waals surface area contributed by atoms with E-state index in [9.17, 15) is 18.0 Å². The third kappa shape index (κ3) is 5.01. The molecule has 7 nitrogen and oxygen atoms in total. The standard InChI is InChI=1S/C24H27F3N4O3/c1-4-30-11-16(9-21(30)32)12-31-13-17-6-7-19(28-23(17)29-31)22-15(3)8-18(24(25,26)27)10-20(22)34-14-33-5-2/h6-8,10,13,16H,4-5,9,11-12,14H2,1-3H3. The van der Waals surface area contributed by atoms with Crippen LogP contribution in [0.2, 0.25) is 0 Å². The van der Waals surface area contributed by atoms with Crippen LogP contribution in [0.15, 0.2) is 30.5 Å². The summed E-state index contributed by atoms with van der Waals surface area (Å²) >= 11 is 0. The van der Waals surface area contributed by atoms with E-state index < -0.39 is 11.7 Å². The van der Waals surface area contributed by atoms with Gasteiger partial charge in [0.25, 0.3) is 0 Å². The fourth-order valence-corrected chi connectivity index (χ4v) is 4.28. The third-order valence-corrected chi connectivity index (χ3v) is 5.92. The molecule has 1 aliphatic heterocycles. The Hall–Kier alpha value is -3.14. The summed E-state index contributed by atoms with van der Waals surface area (Å²) in [6, 6.07) is 5.64. The third-order valence-electron chi connectivity index (χ3n) is 5.92. The van der Waals surface area contributed by atoms with Gasteiger partial charge in [0.2, 0.25) is 5.91 Å². The van der Waals surface area contributed by atoms with E-state index in [-0.39, 0.29) is 24.4 Å². The van der Waals surface area contributed by atoms with Crippen LogP contribution in [0.25, 0.3) is 22.3 Å². The highest BCUT2D eigenvalue weighted by molar-refractivity contribution is 5.81. The topological polar surface area (TPSA) is 69.5 Å². The van der Waals surface area contributed by atoms with Crippen LogP contribution in [0, 0.1) is 12.8 Å². The van der Waals surface area contributed by atoms with Crippen LogP contribution < -0.4 is 4.74 Å². The largest absolute Gasteiger partial charge is 0.467 e. The number of carbonyl (C=O) groups excluding carboxylic acids is 1. The number of nitrogens with zero attached hydrogens (tertiary/aromatic N) is 4. The van der Waals surface area contributed by atoms with Crippen molar-refractivity contribution in [1.29, 1.82) is 0 Å². The summed E-state index contributed by atoms with van der Waals surface area (Å²) in [6.45, 7) is 7.53. The summed E-state index contributed by atoms with van der Waals surface area (Å²) in [7, 11) is 0. The molecule has 0 aliphatic carbocycles. The number of likely N-dealkylation sites (tertiary alicyclic amines) is 1. The van der Waals surface area contributed by atoms with Crippen molar-refractivity contribution in [1.82, 2.24) is 19.7 Å². The van der Waals surface area contributed by atoms with Crippen LogP contribution in [0.5, 0.6) is 5.75 Å². The molecule has 1 amide bonds. The van der Waals surface area contributed by atoms with Gasteiger partial charge in [0.15, 0.2) is 12.4 Å². The van der Waals surface area contributed by atoms with Gasteiger partial charge in [0, 0.05) is 55.7 Å². The van der Waals surface area contributed by atoms with Crippen molar-refractivity contribution in [3.63, 3.8) is 0 Å². The molecule has 3 heterocycles. The van der Waals surface area contributed by atoms with E-state index >= 15 is 0 Å². The van der Waals surface area contributed by atoms with Gasteiger partial charge in [-0.1, -0.05) is 0 Å². The number of rotatable bonds is 8. The normalized spacial score (nSPS) is 16.6. The van der Waals surface area contributed by atoms with Crippen molar-refractivity contribution in [3.8, 4) is 17.0 Å². The molecule has 3 aromatic rings. The zero-order valence-corrected chi connectivity index (χ0v) is 19.4. The van der Waals surface area contributed by atoms with E-state index in [1.165, 1.54) is 0 Å². The summed E-state index contributed by atoms with van der Waals surface area (Å²) in [6.07, 6.45) is -2.14. The number of ether oxygens (including phenoxy) is 2. The molecule has 182 valence electrons. The lowest BCUT2D eigenvalue weighted by Gasteiger charge is -2.17. The Balaban J connectivity index is 1.65. The summed E-state index contributed by atoms with van der Waals surface area (Å²) in [5, 5.41) is 5.37. The number of amides is 1. The number of aryl methyl sites for hydroxylation is 1. The molecule has 2 aromatic heterocycles. The highest BCUT2D eigenvalue weighted by Gasteiger charge is 2.33. The number of aromatic nitrogens is 3. The van der Waals surface area contributed by atoms with Crippen LogP contribution in [0.4, 0.5) is 13.2 Å². The van der Waals surface area contributed by atoms with Crippen molar-refractivity contribution in [2.75, 3.05) is 26.5 Å². The van der Waals surface area contributed by atoms with Crippen LogP contribution in [-0.4, -0.2) is 52.1 Å². The fraction of sp³-hybridized carbons (Fsp3) is 0.458. The van der Waals surface area contributed by atoms with E-state index in [4.69, 9.17) is 9.47 Å². The molecule has 1 aliphatic rings. The van der Waals surface area contributed by atoms with Gasteiger partial charge in [-0.2, -0.15) is 18.3 Å². The first-order chi connectivity index (χ1) is 16.2. The van der Waals surface area contributed by atoms with Crippen molar-refractivity contribution in [3.05, 3.63) is 41.6 Å². The molecule has 1 fully saturated rings. The Morgan fingerprint density at radius 3 is 2.68 bits per heavy atom. The number of alkyl halides is 3. The summed E-state index contributed by atoms with van der Waals surface area (Å²) in [5.74, 6) is 0.384. The fourth-order valence-electron chi connectivity index (χ4n) is 4.28. The Morgan fingerprint density at radius 1 is 1.21 bits per heavy atom. The zero-order valence-electron chi connectivity index (χ0n) is 19.4. The number of pyridine rings is 1. The Bertz CT molecular complexity index is 1190. The Morgan fingerprint density at radius 2 is 2.00 bits per heavy atom. The van der Waals surface area contributed by atoms with Crippen LogP contribution in [-0.2, 0) is 22.3 Å². The van der Waals surface area contributed by atoms with Gasteiger partial charge in [-0.3, -0.25) is 9.48 Å². The molecule has 0 saturated carbocycles. The molecule has 1 atom stereocenters. The molecule has 0 bridgehead atoms. The quantitative estimate of drug-likeness (QED) is 0.349. The second-order valence-electron chi connectivity index (χ2n) is 8.38. The number of hydrogen-bond acceptors (Lipinski definition) is 5. The molecular weight excluding hydrogens is 449 g/mol. The van der Waals surface area contributed by atoms with Crippen molar-refractivity contribution < 1.29 is 27.4 Å². The lowest BCUT2D eigenvalue weighted by Crippen LogP contribution is -2.25. The first-order valence-electron chi connectivity index (χ1n) is 11.2.